The van der Waals surface area contributed by atoms with Gasteiger partial charge in [0.25, 0.3) is 0 Å². The van der Waals surface area contributed by atoms with E-state index in [1.54, 1.807) is 0 Å². The minimum absolute atomic E-state index is 0.668. The number of benzene rings is 1. The van der Waals surface area contributed by atoms with Gasteiger partial charge in [-0.2, -0.15) is 0 Å². The van der Waals surface area contributed by atoms with Crippen LogP contribution in [0, 0.1) is 0 Å². The summed E-state index contributed by atoms with van der Waals surface area (Å²) in [5.41, 5.74) is 14.4. The minimum Gasteiger partial charge on any atom is -0.399 e. The van der Waals surface area contributed by atoms with Crippen LogP contribution in [0.5, 0.6) is 0 Å². The molecule has 0 atom stereocenters. The molecule has 1 aromatic carbocycles. The van der Waals surface area contributed by atoms with E-state index in [4.69, 9.17) is 11.5 Å². The number of fused-ring (bicyclic) bond motifs is 1. The van der Waals surface area contributed by atoms with Gasteiger partial charge in [0.15, 0.2) is 0 Å². The van der Waals surface area contributed by atoms with Crippen molar-refractivity contribution in [2.75, 3.05) is 12.3 Å². The Kier molecular flexibility index (Phi) is 4.18. The van der Waals surface area contributed by atoms with Gasteiger partial charge in [0, 0.05) is 22.8 Å². The smallest absolute Gasteiger partial charge is 0.0458 e. The monoisotopic (exact) mass is 205 g/mol. The maximum absolute atomic E-state index is 5.70. The molecule has 0 fully saturated rings. The zero-order chi connectivity index (χ0) is 11.3. The van der Waals surface area contributed by atoms with Gasteiger partial charge < -0.3 is 16.5 Å². The zero-order valence-corrected chi connectivity index (χ0v) is 9.38. The Morgan fingerprint density at radius 3 is 2.67 bits per heavy atom. The molecule has 0 saturated heterocycles. The van der Waals surface area contributed by atoms with Gasteiger partial charge in [-0.25, -0.2) is 0 Å². The van der Waals surface area contributed by atoms with Gasteiger partial charge in [-0.15, -0.1) is 0 Å². The molecule has 0 aliphatic rings. The Labute approximate surface area is 90.5 Å². The molecule has 0 saturated carbocycles. The average Bonchev–Trinajstić information content (AvgIpc) is 2.65. The van der Waals surface area contributed by atoms with E-state index < -0.39 is 0 Å². The van der Waals surface area contributed by atoms with Crippen LogP contribution in [0.1, 0.15) is 19.4 Å². The summed E-state index contributed by atoms with van der Waals surface area (Å²) in [4.78, 5) is 3.19. The van der Waals surface area contributed by atoms with Gasteiger partial charge in [-0.05, 0) is 36.7 Å². The van der Waals surface area contributed by atoms with Crippen LogP contribution >= 0.6 is 0 Å². The molecule has 5 N–H and O–H groups in total. The van der Waals surface area contributed by atoms with Crippen molar-refractivity contribution in [3.63, 3.8) is 0 Å². The molecule has 3 heteroatoms. The van der Waals surface area contributed by atoms with Gasteiger partial charge in [-0.3, -0.25) is 0 Å². The molecule has 82 valence electrons. The number of hydrogen-bond donors (Lipinski definition) is 3. The largest absolute Gasteiger partial charge is 0.399 e. The molecular formula is C12H19N3. The van der Waals surface area contributed by atoms with Crippen molar-refractivity contribution < 1.29 is 0 Å². The highest BCUT2D eigenvalue weighted by molar-refractivity contribution is 5.86. The molecule has 0 aliphatic heterocycles. The summed E-state index contributed by atoms with van der Waals surface area (Å²) in [5, 5.41) is 1.19. The third-order valence-corrected chi connectivity index (χ3v) is 2.21. The van der Waals surface area contributed by atoms with Crippen LogP contribution in [-0.2, 0) is 6.42 Å². The van der Waals surface area contributed by atoms with Crippen LogP contribution in [0.15, 0.2) is 24.4 Å². The van der Waals surface area contributed by atoms with Gasteiger partial charge in [-0.1, -0.05) is 13.8 Å². The molecule has 3 nitrogen and oxygen atoms in total. The first kappa shape index (κ1) is 11.6. The lowest BCUT2D eigenvalue weighted by atomic mass is 10.1. The van der Waals surface area contributed by atoms with Gasteiger partial charge in [0.05, 0.1) is 0 Å². The van der Waals surface area contributed by atoms with E-state index in [-0.39, 0.29) is 0 Å². The summed E-state index contributed by atoms with van der Waals surface area (Å²) < 4.78 is 0. The van der Waals surface area contributed by atoms with Crippen molar-refractivity contribution in [3.8, 4) is 0 Å². The highest BCUT2D eigenvalue weighted by atomic mass is 14.7. The van der Waals surface area contributed by atoms with E-state index in [1.165, 1.54) is 10.9 Å². The lowest BCUT2D eigenvalue weighted by molar-refractivity contribution is 0.976. The minimum atomic E-state index is 0.668. The first-order valence-corrected chi connectivity index (χ1v) is 5.37. The number of nitrogens with two attached hydrogens (primary N) is 2. The second-order valence-electron chi connectivity index (χ2n) is 3.16. The van der Waals surface area contributed by atoms with Gasteiger partial charge in [0.2, 0.25) is 0 Å². The number of H-pyrrole nitrogens is 1. The number of nitrogen functional groups attached to an aromatic ring is 1. The molecule has 1 heterocycles. The van der Waals surface area contributed by atoms with E-state index >= 15 is 0 Å². The molecule has 0 aliphatic carbocycles. The highest BCUT2D eigenvalue weighted by Crippen LogP contribution is 2.20. The first-order valence-electron chi connectivity index (χ1n) is 5.37. The van der Waals surface area contributed by atoms with E-state index in [9.17, 15) is 0 Å². The Bertz CT molecular complexity index is 418. The summed E-state index contributed by atoms with van der Waals surface area (Å²) in [6.45, 7) is 4.67. The highest BCUT2D eigenvalue weighted by Gasteiger charge is 2.02. The third kappa shape index (κ3) is 2.50. The fraction of sp³-hybridized carbons (Fsp3) is 0.333. The fourth-order valence-corrected chi connectivity index (χ4v) is 1.56. The molecule has 0 bridgehead atoms. The first-order chi connectivity index (χ1) is 7.31. The van der Waals surface area contributed by atoms with Crippen molar-refractivity contribution in [2.24, 2.45) is 5.73 Å². The quantitative estimate of drug-likeness (QED) is 0.658. The molecule has 15 heavy (non-hydrogen) atoms. The molecular weight excluding hydrogens is 186 g/mol. The second kappa shape index (κ2) is 5.41. The van der Waals surface area contributed by atoms with E-state index in [1.807, 2.05) is 38.2 Å². The number of nitrogens with one attached hydrogen (secondary N) is 1. The fourth-order valence-electron chi connectivity index (χ4n) is 1.56. The summed E-state index contributed by atoms with van der Waals surface area (Å²) in [6.07, 6.45) is 2.89. The molecule has 0 spiro atoms. The standard InChI is InChI=1S/C10H13N3.C2H6/c11-4-3-7-6-13-10-2-1-8(12)5-9(7)10;1-2/h1-2,5-6,13H,3-4,11-12H2;1-2H3. The predicted octanol–water partition coefficient (Wildman–Crippen LogP) is 2.28. The maximum Gasteiger partial charge on any atom is 0.0458 e. The second-order valence-corrected chi connectivity index (χ2v) is 3.16. The number of aromatic nitrogens is 1. The Morgan fingerprint density at radius 2 is 2.00 bits per heavy atom. The Hall–Kier alpha value is -1.48. The Balaban J connectivity index is 0.000000531. The average molecular weight is 205 g/mol. The molecule has 2 rings (SSSR count). The molecule has 0 unspecified atom stereocenters. The zero-order valence-electron chi connectivity index (χ0n) is 9.38. The molecule has 0 amide bonds. The SMILES string of the molecule is CC.NCCc1c[nH]c2ccc(N)cc12. The maximum atomic E-state index is 5.70. The molecule has 0 radical (unpaired) electrons. The van der Waals surface area contributed by atoms with Crippen LogP contribution in [0.3, 0.4) is 0 Å². The normalized spacial score (nSPS) is 9.80. The van der Waals surface area contributed by atoms with Crippen LogP contribution in [-0.4, -0.2) is 11.5 Å². The van der Waals surface area contributed by atoms with Crippen molar-refractivity contribution in [1.82, 2.24) is 4.98 Å². The lowest BCUT2D eigenvalue weighted by Crippen LogP contribution is -2.01. The topological polar surface area (TPSA) is 67.8 Å². The van der Waals surface area contributed by atoms with Crippen LogP contribution in [0.2, 0.25) is 0 Å². The van der Waals surface area contributed by atoms with E-state index in [0.717, 1.165) is 17.6 Å². The number of anilines is 1. The number of hydrogen-bond acceptors (Lipinski definition) is 2. The molecule has 2 aromatic rings. The van der Waals surface area contributed by atoms with Crippen LogP contribution in [0.25, 0.3) is 10.9 Å². The van der Waals surface area contributed by atoms with Crippen molar-refractivity contribution in [1.29, 1.82) is 0 Å². The summed E-state index contributed by atoms with van der Waals surface area (Å²) in [6, 6.07) is 5.87. The summed E-state index contributed by atoms with van der Waals surface area (Å²) in [5.74, 6) is 0. The van der Waals surface area contributed by atoms with Crippen molar-refractivity contribution in [2.45, 2.75) is 20.3 Å². The number of aromatic amines is 1. The summed E-state index contributed by atoms with van der Waals surface area (Å²) >= 11 is 0. The predicted molar refractivity (Wildman–Crippen MR) is 66.8 cm³/mol. The van der Waals surface area contributed by atoms with Crippen molar-refractivity contribution in [3.05, 3.63) is 30.0 Å². The Morgan fingerprint density at radius 1 is 1.27 bits per heavy atom. The van der Waals surface area contributed by atoms with Gasteiger partial charge >= 0.3 is 0 Å². The van der Waals surface area contributed by atoms with E-state index in [2.05, 4.69) is 4.98 Å². The van der Waals surface area contributed by atoms with E-state index in [0.29, 0.717) is 6.54 Å². The van der Waals surface area contributed by atoms with Gasteiger partial charge in [0.1, 0.15) is 0 Å². The number of rotatable bonds is 2. The van der Waals surface area contributed by atoms with Crippen molar-refractivity contribution >= 4 is 16.6 Å². The molecule has 1 aromatic heterocycles. The van der Waals surface area contributed by atoms with Crippen LogP contribution in [0.4, 0.5) is 5.69 Å². The van der Waals surface area contributed by atoms with Crippen LogP contribution < -0.4 is 11.5 Å². The summed E-state index contributed by atoms with van der Waals surface area (Å²) in [7, 11) is 0. The third-order valence-electron chi connectivity index (χ3n) is 2.21. The lowest BCUT2D eigenvalue weighted by Gasteiger charge is -1.97.